The van der Waals surface area contributed by atoms with Gasteiger partial charge in [0.05, 0.1) is 18.8 Å². The van der Waals surface area contributed by atoms with Crippen LogP contribution in [0, 0.1) is 5.92 Å². The average molecular weight is 356 g/mol. The number of para-hydroxylation sites is 1. The molecule has 2 rings (SSSR count). The van der Waals surface area contributed by atoms with E-state index in [-0.39, 0.29) is 17.4 Å². The van der Waals surface area contributed by atoms with Gasteiger partial charge in [-0.1, -0.05) is 26.0 Å². The van der Waals surface area contributed by atoms with Crippen molar-refractivity contribution in [3.8, 4) is 5.75 Å². The summed E-state index contributed by atoms with van der Waals surface area (Å²) < 4.78 is 34.8. The first-order valence-corrected chi connectivity index (χ1v) is 8.61. The van der Waals surface area contributed by atoms with E-state index in [9.17, 15) is 13.6 Å². The maximum absolute atomic E-state index is 12.5. The minimum absolute atomic E-state index is 0.109. The van der Waals surface area contributed by atoms with Gasteiger partial charge in [0.1, 0.15) is 5.75 Å². The molecule has 0 aliphatic carbocycles. The first-order valence-electron chi connectivity index (χ1n) is 8.61. The number of carbonyl (C=O) groups excluding carboxylic acids is 1. The fourth-order valence-electron chi connectivity index (χ4n) is 3.01. The second-order valence-electron chi connectivity index (χ2n) is 6.52. The highest BCUT2D eigenvalue weighted by Crippen LogP contribution is 2.20. The molecular formula is C18H26F2N2O3. The van der Waals surface area contributed by atoms with Crippen LogP contribution in [0.5, 0.6) is 5.75 Å². The minimum atomic E-state index is -2.96. The standard InChI is InChI=1S/C18H26F2N2O3/c1-13(2)11-14(22-7-9-24-10-8-22)12-21-17(23)15-5-3-4-6-16(15)25-18(19)20/h3-6,13-14,18H,7-12H2,1-2H3,(H,21,23). The highest BCUT2D eigenvalue weighted by molar-refractivity contribution is 5.96. The zero-order valence-electron chi connectivity index (χ0n) is 14.7. The normalized spacial score (nSPS) is 16.9. The topological polar surface area (TPSA) is 50.8 Å². The number of halogens is 2. The van der Waals surface area contributed by atoms with Crippen LogP contribution in [0.2, 0.25) is 0 Å². The van der Waals surface area contributed by atoms with Gasteiger partial charge in [0.15, 0.2) is 0 Å². The van der Waals surface area contributed by atoms with Gasteiger partial charge in [-0.2, -0.15) is 8.78 Å². The number of ether oxygens (including phenoxy) is 2. The number of benzene rings is 1. The second kappa shape index (κ2) is 9.68. The van der Waals surface area contributed by atoms with E-state index in [1.54, 1.807) is 12.1 Å². The molecule has 1 aliphatic heterocycles. The van der Waals surface area contributed by atoms with Crippen molar-refractivity contribution in [2.45, 2.75) is 32.9 Å². The number of hydrogen-bond acceptors (Lipinski definition) is 4. The Morgan fingerprint density at radius 1 is 1.28 bits per heavy atom. The Kier molecular flexibility index (Phi) is 7.58. The van der Waals surface area contributed by atoms with Gasteiger partial charge < -0.3 is 14.8 Å². The van der Waals surface area contributed by atoms with Crippen LogP contribution in [0.25, 0.3) is 0 Å². The number of carbonyl (C=O) groups is 1. The van der Waals surface area contributed by atoms with E-state index < -0.39 is 12.5 Å². The molecule has 1 aromatic rings. The van der Waals surface area contributed by atoms with E-state index in [0.717, 1.165) is 19.5 Å². The van der Waals surface area contributed by atoms with Gasteiger partial charge >= 0.3 is 6.61 Å². The molecule has 1 atom stereocenters. The molecule has 0 bridgehead atoms. The van der Waals surface area contributed by atoms with Crippen molar-refractivity contribution in [3.05, 3.63) is 29.8 Å². The number of rotatable bonds is 8. The molecule has 0 radical (unpaired) electrons. The van der Waals surface area contributed by atoms with Crippen LogP contribution in [0.3, 0.4) is 0 Å². The minimum Gasteiger partial charge on any atom is -0.434 e. The molecule has 1 unspecified atom stereocenters. The van der Waals surface area contributed by atoms with Gasteiger partial charge in [-0.3, -0.25) is 9.69 Å². The van der Waals surface area contributed by atoms with Crippen molar-refractivity contribution < 1.29 is 23.0 Å². The van der Waals surface area contributed by atoms with E-state index >= 15 is 0 Å². The Bertz CT molecular complexity index is 549. The zero-order chi connectivity index (χ0) is 18.2. The smallest absolute Gasteiger partial charge is 0.387 e. The molecular weight excluding hydrogens is 330 g/mol. The van der Waals surface area contributed by atoms with Crippen molar-refractivity contribution in [3.63, 3.8) is 0 Å². The van der Waals surface area contributed by atoms with Crippen LogP contribution in [0.1, 0.15) is 30.6 Å². The molecule has 1 saturated heterocycles. The molecule has 0 saturated carbocycles. The maximum atomic E-state index is 12.5. The Morgan fingerprint density at radius 3 is 2.60 bits per heavy atom. The van der Waals surface area contributed by atoms with Gasteiger partial charge in [-0.05, 0) is 24.5 Å². The van der Waals surface area contributed by atoms with E-state index in [4.69, 9.17) is 4.74 Å². The SMILES string of the molecule is CC(C)CC(CNC(=O)c1ccccc1OC(F)F)N1CCOCC1. The van der Waals surface area contributed by atoms with Crippen molar-refractivity contribution >= 4 is 5.91 Å². The highest BCUT2D eigenvalue weighted by Gasteiger charge is 2.23. The lowest BCUT2D eigenvalue weighted by Gasteiger charge is -2.35. The molecule has 140 valence electrons. The van der Waals surface area contributed by atoms with Crippen molar-refractivity contribution in [1.82, 2.24) is 10.2 Å². The lowest BCUT2D eigenvalue weighted by molar-refractivity contribution is -0.0501. The Balaban J connectivity index is 2.00. The monoisotopic (exact) mass is 356 g/mol. The number of hydrogen-bond donors (Lipinski definition) is 1. The van der Waals surface area contributed by atoms with Gasteiger partial charge in [-0.15, -0.1) is 0 Å². The Labute approximate surface area is 147 Å². The molecule has 0 aromatic heterocycles. The van der Waals surface area contributed by atoms with Crippen LogP contribution in [-0.2, 0) is 4.74 Å². The summed E-state index contributed by atoms with van der Waals surface area (Å²) in [6.07, 6.45) is 0.940. The Morgan fingerprint density at radius 2 is 1.96 bits per heavy atom. The van der Waals surface area contributed by atoms with Crippen molar-refractivity contribution in [1.29, 1.82) is 0 Å². The van der Waals surface area contributed by atoms with Crippen LogP contribution >= 0.6 is 0 Å². The van der Waals surface area contributed by atoms with Gasteiger partial charge in [-0.25, -0.2) is 0 Å². The van der Waals surface area contributed by atoms with E-state index in [2.05, 4.69) is 28.8 Å². The van der Waals surface area contributed by atoms with Gasteiger partial charge in [0.25, 0.3) is 5.91 Å². The van der Waals surface area contributed by atoms with E-state index in [1.165, 1.54) is 12.1 Å². The lowest BCUT2D eigenvalue weighted by Crippen LogP contribution is -2.49. The summed E-state index contributed by atoms with van der Waals surface area (Å²) in [5, 5.41) is 2.87. The number of alkyl halides is 2. The average Bonchev–Trinajstić information content (AvgIpc) is 2.58. The summed E-state index contributed by atoms with van der Waals surface area (Å²) in [6, 6.07) is 6.23. The van der Waals surface area contributed by atoms with Crippen LogP contribution < -0.4 is 10.1 Å². The highest BCUT2D eigenvalue weighted by atomic mass is 19.3. The van der Waals surface area contributed by atoms with Crippen LogP contribution in [-0.4, -0.2) is 56.3 Å². The molecule has 1 amide bonds. The first kappa shape index (κ1) is 19.6. The molecule has 0 spiro atoms. The summed E-state index contributed by atoms with van der Waals surface area (Å²) in [5.41, 5.74) is 0.119. The summed E-state index contributed by atoms with van der Waals surface area (Å²) in [5.74, 6) is -0.0285. The van der Waals surface area contributed by atoms with E-state index in [1.807, 2.05) is 0 Å². The predicted molar refractivity (Wildman–Crippen MR) is 91.0 cm³/mol. The van der Waals surface area contributed by atoms with Crippen LogP contribution in [0.4, 0.5) is 8.78 Å². The third-order valence-corrected chi connectivity index (χ3v) is 4.15. The number of morpholine rings is 1. The van der Waals surface area contributed by atoms with Crippen molar-refractivity contribution in [2.75, 3.05) is 32.8 Å². The summed E-state index contributed by atoms with van der Waals surface area (Å²) in [6.45, 7) is 4.82. The first-order chi connectivity index (χ1) is 12.0. The predicted octanol–water partition coefficient (Wildman–Crippen LogP) is 2.76. The lowest BCUT2D eigenvalue weighted by atomic mass is 10.0. The molecule has 25 heavy (non-hydrogen) atoms. The van der Waals surface area contributed by atoms with Gasteiger partial charge in [0.2, 0.25) is 0 Å². The molecule has 7 heteroatoms. The zero-order valence-corrected chi connectivity index (χ0v) is 14.7. The summed E-state index contributed by atoms with van der Waals surface area (Å²) in [7, 11) is 0. The fraction of sp³-hybridized carbons (Fsp3) is 0.611. The number of nitrogens with one attached hydrogen (secondary N) is 1. The molecule has 1 aromatic carbocycles. The Hall–Kier alpha value is -1.73. The maximum Gasteiger partial charge on any atom is 0.387 e. The molecule has 1 heterocycles. The third-order valence-electron chi connectivity index (χ3n) is 4.15. The molecule has 1 fully saturated rings. The largest absolute Gasteiger partial charge is 0.434 e. The fourth-order valence-corrected chi connectivity index (χ4v) is 3.01. The molecule has 5 nitrogen and oxygen atoms in total. The summed E-state index contributed by atoms with van der Waals surface area (Å²) >= 11 is 0. The number of amides is 1. The van der Waals surface area contributed by atoms with E-state index in [0.29, 0.717) is 25.7 Å². The third kappa shape index (κ3) is 6.25. The molecule has 1 aliphatic rings. The quantitative estimate of drug-likeness (QED) is 0.778. The van der Waals surface area contributed by atoms with Crippen molar-refractivity contribution in [2.24, 2.45) is 5.92 Å². The molecule has 1 N–H and O–H groups in total. The summed E-state index contributed by atoms with van der Waals surface area (Å²) in [4.78, 5) is 14.8. The number of nitrogens with zero attached hydrogens (tertiary/aromatic N) is 1. The van der Waals surface area contributed by atoms with Crippen LogP contribution in [0.15, 0.2) is 24.3 Å². The second-order valence-corrected chi connectivity index (χ2v) is 6.52. The van der Waals surface area contributed by atoms with Gasteiger partial charge in [0, 0.05) is 25.7 Å².